The molecule has 2 aromatic rings. The second kappa shape index (κ2) is 4.71. The first-order valence-corrected chi connectivity index (χ1v) is 5.97. The number of anilines is 2. The van der Waals surface area contributed by atoms with Crippen molar-refractivity contribution in [2.45, 2.75) is 13.5 Å². The van der Waals surface area contributed by atoms with Gasteiger partial charge in [-0.15, -0.1) is 11.3 Å². The fourth-order valence-electron chi connectivity index (χ4n) is 1.45. The van der Waals surface area contributed by atoms with Crippen LogP contribution in [0.3, 0.4) is 0 Å². The Kier molecular flexibility index (Phi) is 3.28. The van der Waals surface area contributed by atoms with Crippen molar-refractivity contribution < 1.29 is 8.78 Å². The third-order valence-corrected chi connectivity index (χ3v) is 3.40. The lowest BCUT2D eigenvalue weighted by Crippen LogP contribution is -2.03. The molecular formula is C12H12F2N2S. The van der Waals surface area contributed by atoms with E-state index in [2.05, 4.69) is 5.32 Å². The molecule has 0 fully saturated rings. The van der Waals surface area contributed by atoms with E-state index in [1.807, 2.05) is 5.38 Å². The predicted molar refractivity (Wildman–Crippen MR) is 67.2 cm³/mol. The van der Waals surface area contributed by atoms with Crippen LogP contribution in [0.15, 0.2) is 23.6 Å². The number of rotatable bonds is 3. The Balaban J connectivity index is 2.14. The monoisotopic (exact) mass is 254 g/mol. The van der Waals surface area contributed by atoms with Crippen molar-refractivity contribution in [2.24, 2.45) is 0 Å². The summed E-state index contributed by atoms with van der Waals surface area (Å²) >= 11 is 1.48. The van der Waals surface area contributed by atoms with Gasteiger partial charge in [0.15, 0.2) is 0 Å². The minimum Gasteiger partial charge on any atom is -0.398 e. The molecule has 0 aliphatic rings. The molecule has 17 heavy (non-hydrogen) atoms. The largest absolute Gasteiger partial charge is 0.398 e. The number of nitrogens with two attached hydrogens (primary N) is 1. The van der Waals surface area contributed by atoms with Gasteiger partial charge < -0.3 is 11.1 Å². The number of nitrogen functional groups attached to an aromatic ring is 1. The van der Waals surface area contributed by atoms with Gasteiger partial charge in [0.2, 0.25) is 0 Å². The zero-order chi connectivity index (χ0) is 12.4. The van der Waals surface area contributed by atoms with Gasteiger partial charge in [-0.1, -0.05) is 0 Å². The minimum absolute atomic E-state index is 0.154. The maximum atomic E-state index is 13.5. The Bertz CT molecular complexity index is 537. The molecule has 5 heteroatoms. The normalized spacial score (nSPS) is 10.5. The maximum Gasteiger partial charge on any atom is 0.146 e. The van der Waals surface area contributed by atoms with Crippen LogP contribution in [0, 0.1) is 18.6 Å². The Hall–Kier alpha value is -1.62. The third-order valence-electron chi connectivity index (χ3n) is 2.47. The van der Waals surface area contributed by atoms with Crippen LogP contribution in [0.25, 0.3) is 0 Å². The molecule has 2 nitrogen and oxygen atoms in total. The summed E-state index contributed by atoms with van der Waals surface area (Å²) in [4.78, 5) is 0.908. The van der Waals surface area contributed by atoms with Gasteiger partial charge in [-0.3, -0.25) is 0 Å². The molecule has 1 aromatic carbocycles. The van der Waals surface area contributed by atoms with Crippen LogP contribution in [0.4, 0.5) is 20.2 Å². The predicted octanol–water partition coefficient (Wildman–Crippen LogP) is 3.53. The number of nitrogens with one attached hydrogen (secondary N) is 1. The third kappa shape index (κ3) is 2.55. The van der Waals surface area contributed by atoms with Gasteiger partial charge in [-0.2, -0.15) is 0 Å². The Morgan fingerprint density at radius 2 is 2.06 bits per heavy atom. The van der Waals surface area contributed by atoms with Crippen LogP contribution in [-0.2, 0) is 6.54 Å². The van der Waals surface area contributed by atoms with Crippen molar-refractivity contribution in [3.05, 3.63) is 45.7 Å². The zero-order valence-electron chi connectivity index (χ0n) is 9.26. The van der Waals surface area contributed by atoms with E-state index in [1.165, 1.54) is 24.3 Å². The quantitative estimate of drug-likeness (QED) is 0.879. The molecule has 3 N–H and O–H groups in total. The molecule has 0 spiro atoms. The molecule has 0 amide bonds. The lowest BCUT2D eigenvalue weighted by Gasteiger charge is -2.08. The van der Waals surface area contributed by atoms with Gasteiger partial charge >= 0.3 is 0 Å². The smallest absolute Gasteiger partial charge is 0.146 e. The fourth-order valence-corrected chi connectivity index (χ4v) is 2.19. The SMILES string of the molecule is Cc1cc(F)c(NCc2sccc2N)cc1F. The van der Waals surface area contributed by atoms with E-state index in [4.69, 9.17) is 5.73 Å². The van der Waals surface area contributed by atoms with Gasteiger partial charge in [-0.25, -0.2) is 8.78 Å². The molecule has 90 valence electrons. The van der Waals surface area contributed by atoms with E-state index >= 15 is 0 Å². The van der Waals surface area contributed by atoms with E-state index in [9.17, 15) is 8.78 Å². The zero-order valence-corrected chi connectivity index (χ0v) is 10.1. The molecule has 0 bridgehead atoms. The highest BCUT2D eigenvalue weighted by molar-refractivity contribution is 7.10. The molecule has 0 saturated carbocycles. The summed E-state index contributed by atoms with van der Waals surface area (Å²) in [6, 6.07) is 4.12. The van der Waals surface area contributed by atoms with Gasteiger partial charge in [0.1, 0.15) is 11.6 Å². The lowest BCUT2D eigenvalue weighted by molar-refractivity contribution is 0.594. The first-order valence-electron chi connectivity index (χ1n) is 5.09. The molecule has 2 rings (SSSR count). The number of thiophene rings is 1. The summed E-state index contributed by atoms with van der Waals surface area (Å²) in [5.74, 6) is -0.882. The highest BCUT2D eigenvalue weighted by Crippen LogP contribution is 2.23. The summed E-state index contributed by atoms with van der Waals surface area (Å²) < 4.78 is 26.8. The van der Waals surface area contributed by atoms with Gasteiger partial charge in [-0.05, 0) is 30.0 Å². The van der Waals surface area contributed by atoms with E-state index in [0.29, 0.717) is 17.8 Å². The lowest BCUT2D eigenvalue weighted by atomic mass is 10.2. The highest BCUT2D eigenvalue weighted by Gasteiger charge is 2.08. The van der Waals surface area contributed by atoms with E-state index in [0.717, 1.165) is 10.9 Å². The van der Waals surface area contributed by atoms with Crippen molar-refractivity contribution in [3.63, 3.8) is 0 Å². The summed E-state index contributed by atoms with van der Waals surface area (Å²) in [6.07, 6.45) is 0. The highest BCUT2D eigenvalue weighted by atomic mass is 32.1. The second-order valence-electron chi connectivity index (χ2n) is 3.73. The number of aryl methyl sites for hydroxylation is 1. The summed E-state index contributed by atoms with van der Waals surface area (Å²) in [5.41, 5.74) is 6.81. The minimum atomic E-state index is -0.459. The molecule has 0 radical (unpaired) electrons. The Morgan fingerprint density at radius 1 is 1.29 bits per heavy atom. The number of hydrogen-bond acceptors (Lipinski definition) is 3. The van der Waals surface area contributed by atoms with Crippen molar-refractivity contribution >= 4 is 22.7 Å². The van der Waals surface area contributed by atoms with Crippen LogP contribution in [0.2, 0.25) is 0 Å². The Labute approximate surface area is 102 Å². The molecule has 0 saturated heterocycles. The first-order chi connectivity index (χ1) is 8.08. The topological polar surface area (TPSA) is 38.0 Å². The van der Waals surface area contributed by atoms with Crippen LogP contribution in [0.1, 0.15) is 10.4 Å². The van der Waals surface area contributed by atoms with Crippen LogP contribution in [-0.4, -0.2) is 0 Å². The Morgan fingerprint density at radius 3 is 2.71 bits per heavy atom. The fraction of sp³-hybridized carbons (Fsp3) is 0.167. The van der Waals surface area contributed by atoms with E-state index in [-0.39, 0.29) is 5.69 Å². The van der Waals surface area contributed by atoms with Crippen LogP contribution in [0.5, 0.6) is 0 Å². The standard InChI is InChI=1S/C12H12F2N2S/c1-7-4-9(14)11(5-8(7)13)16-6-12-10(15)2-3-17-12/h2-5,16H,6,15H2,1H3. The molecule has 0 aliphatic carbocycles. The average Bonchev–Trinajstić information content (AvgIpc) is 2.68. The molecule has 0 aliphatic heterocycles. The molecule has 1 aromatic heterocycles. The average molecular weight is 254 g/mol. The molecule has 1 heterocycles. The van der Waals surface area contributed by atoms with Gasteiger partial charge in [0, 0.05) is 16.6 Å². The van der Waals surface area contributed by atoms with Crippen molar-refractivity contribution in [1.82, 2.24) is 0 Å². The number of hydrogen-bond donors (Lipinski definition) is 2. The number of benzene rings is 1. The van der Waals surface area contributed by atoms with Crippen LogP contribution < -0.4 is 11.1 Å². The molecule has 0 atom stereocenters. The summed E-state index contributed by atoms with van der Waals surface area (Å²) in [5, 5.41) is 4.70. The number of halogens is 2. The van der Waals surface area contributed by atoms with Gasteiger partial charge in [0.05, 0.1) is 12.2 Å². The van der Waals surface area contributed by atoms with Crippen molar-refractivity contribution in [1.29, 1.82) is 0 Å². The van der Waals surface area contributed by atoms with E-state index in [1.54, 1.807) is 6.07 Å². The summed E-state index contributed by atoms with van der Waals surface area (Å²) in [7, 11) is 0. The van der Waals surface area contributed by atoms with Crippen molar-refractivity contribution in [2.75, 3.05) is 11.1 Å². The van der Waals surface area contributed by atoms with Crippen LogP contribution >= 0.6 is 11.3 Å². The molecular weight excluding hydrogens is 242 g/mol. The van der Waals surface area contributed by atoms with Crippen molar-refractivity contribution in [3.8, 4) is 0 Å². The molecule has 0 unspecified atom stereocenters. The van der Waals surface area contributed by atoms with Gasteiger partial charge in [0.25, 0.3) is 0 Å². The summed E-state index contributed by atoms with van der Waals surface area (Å²) in [6.45, 7) is 1.92. The van der Waals surface area contributed by atoms with E-state index < -0.39 is 11.6 Å². The first kappa shape index (κ1) is 11.9. The maximum absolute atomic E-state index is 13.5. The second-order valence-corrected chi connectivity index (χ2v) is 4.73.